The van der Waals surface area contributed by atoms with Gasteiger partial charge in [-0.15, -0.1) is 0 Å². The molecular weight excluding hydrogens is 1050 g/mol. The van der Waals surface area contributed by atoms with Crippen LogP contribution >= 0.6 is 0 Å². The summed E-state index contributed by atoms with van der Waals surface area (Å²) in [6.45, 7) is 36.8. The maximum atomic E-state index is 2.45. The molecule has 0 radical (unpaired) electrons. The first-order valence-electron chi connectivity index (χ1n) is 31.4. The van der Waals surface area contributed by atoms with Gasteiger partial charge in [-0.1, -0.05) is 229 Å². The molecule has 0 saturated carbocycles. The zero-order valence-corrected chi connectivity index (χ0v) is 54.2. The summed E-state index contributed by atoms with van der Waals surface area (Å²) >= 11 is 0. The van der Waals surface area contributed by atoms with Crippen LogP contribution in [0.2, 0.25) is 0 Å². The van der Waals surface area contributed by atoms with E-state index in [4.69, 9.17) is 0 Å². The van der Waals surface area contributed by atoms with Crippen LogP contribution in [0.4, 0.5) is 34.1 Å². The van der Waals surface area contributed by atoms with Gasteiger partial charge in [0.1, 0.15) is 0 Å². The molecule has 10 aromatic carbocycles. The number of nitrogens with zero attached hydrogens (tertiary/aromatic N) is 2. The minimum Gasteiger partial charge on any atom is -0.310 e. The monoisotopic (exact) mass is 1130 g/mol. The molecule has 0 spiro atoms. The number of fused-ring (bicyclic) bond motifs is 9. The number of benzene rings is 10. The van der Waals surface area contributed by atoms with Gasteiger partial charge >= 0.3 is 0 Å². The molecule has 0 atom stereocenters. The van der Waals surface area contributed by atoms with Crippen LogP contribution in [0.25, 0.3) is 57.7 Å². The van der Waals surface area contributed by atoms with Crippen molar-refractivity contribution in [3.63, 3.8) is 0 Å². The molecule has 2 nitrogen and oxygen atoms in total. The Morgan fingerprint density at radius 2 is 0.483 bits per heavy atom. The molecule has 87 heavy (non-hydrogen) atoms. The summed E-state index contributed by atoms with van der Waals surface area (Å²) in [5, 5.41) is 0. The van der Waals surface area contributed by atoms with Gasteiger partial charge in [0.15, 0.2) is 0 Å². The third-order valence-electron chi connectivity index (χ3n) is 19.5. The quantitative estimate of drug-likeness (QED) is 0.126. The Hall–Kier alpha value is -8.72. The van der Waals surface area contributed by atoms with Crippen LogP contribution in [0, 0.1) is 27.7 Å². The van der Waals surface area contributed by atoms with E-state index in [0.717, 1.165) is 0 Å². The van der Waals surface area contributed by atoms with E-state index in [9.17, 15) is 0 Å². The smallest absolute Gasteiger partial charge is 0.0466 e. The van der Waals surface area contributed by atoms with E-state index in [-0.39, 0.29) is 27.1 Å². The Morgan fingerprint density at radius 3 is 0.736 bits per heavy atom. The predicted molar refractivity (Wildman–Crippen MR) is 376 cm³/mol. The van der Waals surface area contributed by atoms with Crippen molar-refractivity contribution in [2.75, 3.05) is 9.80 Å². The maximum Gasteiger partial charge on any atom is 0.0466 e. The van der Waals surface area contributed by atoms with Crippen molar-refractivity contribution in [3.05, 3.63) is 283 Å². The lowest BCUT2D eigenvalue weighted by Gasteiger charge is -2.29. The summed E-state index contributed by atoms with van der Waals surface area (Å²) in [5.41, 5.74) is 35.4. The van der Waals surface area contributed by atoms with Crippen molar-refractivity contribution in [3.8, 4) is 33.4 Å². The Balaban J connectivity index is 0.730. The maximum absolute atomic E-state index is 2.45. The molecule has 0 fully saturated rings. The lowest BCUT2D eigenvalue weighted by Crippen LogP contribution is -2.17. The highest BCUT2D eigenvalue weighted by Crippen LogP contribution is 2.54. The second-order valence-corrected chi connectivity index (χ2v) is 29.2. The zero-order chi connectivity index (χ0) is 61.3. The van der Waals surface area contributed by atoms with E-state index < -0.39 is 0 Å². The Bertz CT molecular complexity index is 4140. The first kappa shape index (κ1) is 57.4. The van der Waals surface area contributed by atoms with E-state index >= 15 is 0 Å². The van der Waals surface area contributed by atoms with Crippen LogP contribution in [-0.2, 0) is 27.1 Å². The first-order chi connectivity index (χ1) is 41.2. The van der Waals surface area contributed by atoms with Crippen LogP contribution in [0.15, 0.2) is 194 Å². The van der Waals surface area contributed by atoms with Crippen LogP contribution in [0.5, 0.6) is 0 Å². The lowest BCUT2D eigenvalue weighted by molar-refractivity contribution is 0.590. The SMILES string of the molecule is Cc1cc(C)cc(N(c2ccc(C(C)(C)C)cc2)c2ccc3c(c2)C(C)(C)c2cc(/C=C/c4ccc5c(c4)C(C)(C)c4cc(/C=C/c6ccc7c(c6)C(C)(C)c6cc(N(c8ccc(C(C)(C)C)cc8)c8cc(C)cc(C)c8)ccc6-7)ccc4-5)ccc2-3)c1. The van der Waals surface area contributed by atoms with Gasteiger partial charge in [0, 0.05) is 50.4 Å². The van der Waals surface area contributed by atoms with Gasteiger partial charge in [-0.05, 0) is 234 Å². The second-order valence-electron chi connectivity index (χ2n) is 29.2. The fourth-order valence-electron chi connectivity index (χ4n) is 14.6. The molecule has 3 aliphatic carbocycles. The molecule has 0 heterocycles. The Kier molecular flexibility index (Phi) is 13.7. The van der Waals surface area contributed by atoms with Gasteiger partial charge in [-0.2, -0.15) is 0 Å². The van der Waals surface area contributed by atoms with Gasteiger partial charge in [-0.3, -0.25) is 0 Å². The Morgan fingerprint density at radius 1 is 0.253 bits per heavy atom. The molecule has 0 N–H and O–H groups in total. The van der Waals surface area contributed by atoms with Crippen molar-refractivity contribution in [1.29, 1.82) is 0 Å². The van der Waals surface area contributed by atoms with E-state index in [1.165, 1.54) is 157 Å². The lowest BCUT2D eigenvalue weighted by atomic mass is 9.81. The van der Waals surface area contributed by atoms with Gasteiger partial charge in [0.25, 0.3) is 0 Å². The second kappa shape index (κ2) is 20.7. The van der Waals surface area contributed by atoms with Gasteiger partial charge in [-0.25, -0.2) is 0 Å². The summed E-state index contributed by atoms with van der Waals surface area (Å²) in [4.78, 5) is 4.87. The summed E-state index contributed by atoms with van der Waals surface area (Å²) in [5.74, 6) is 0. The number of hydrogen-bond donors (Lipinski definition) is 0. The molecular formula is C85H84N2. The highest BCUT2D eigenvalue weighted by atomic mass is 15.1. The fourth-order valence-corrected chi connectivity index (χ4v) is 14.6. The predicted octanol–water partition coefficient (Wildman–Crippen LogP) is 23.7. The summed E-state index contributed by atoms with van der Waals surface area (Å²) in [6, 6.07) is 74.6. The minimum atomic E-state index is -0.187. The van der Waals surface area contributed by atoms with Gasteiger partial charge < -0.3 is 9.80 Å². The van der Waals surface area contributed by atoms with Crippen LogP contribution in [0.1, 0.15) is 172 Å². The largest absolute Gasteiger partial charge is 0.310 e. The van der Waals surface area contributed by atoms with Crippen molar-refractivity contribution in [1.82, 2.24) is 0 Å². The highest BCUT2D eigenvalue weighted by Gasteiger charge is 2.39. The van der Waals surface area contributed by atoms with Gasteiger partial charge in [0.2, 0.25) is 0 Å². The number of hydrogen-bond acceptors (Lipinski definition) is 2. The zero-order valence-electron chi connectivity index (χ0n) is 54.2. The third kappa shape index (κ3) is 10.2. The van der Waals surface area contributed by atoms with E-state index in [1.54, 1.807) is 0 Å². The molecule has 10 aromatic rings. The molecule has 13 rings (SSSR count). The van der Waals surface area contributed by atoms with E-state index in [1.807, 2.05) is 0 Å². The molecule has 0 saturated heterocycles. The minimum absolute atomic E-state index is 0.0802. The molecule has 3 aliphatic rings. The summed E-state index contributed by atoms with van der Waals surface area (Å²) in [7, 11) is 0. The van der Waals surface area contributed by atoms with Crippen LogP contribution in [-0.4, -0.2) is 0 Å². The first-order valence-corrected chi connectivity index (χ1v) is 31.4. The molecule has 0 aromatic heterocycles. The molecule has 2 heteroatoms. The van der Waals surface area contributed by atoms with E-state index in [2.05, 4.69) is 339 Å². The number of anilines is 6. The normalized spacial score (nSPS) is 14.9. The molecule has 434 valence electrons. The summed E-state index contributed by atoms with van der Waals surface area (Å²) in [6.07, 6.45) is 9.22. The molecule has 0 amide bonds. The number of rotatable bonds is 10. The average Bonchev–Trinajstić information content (AvgIpc) is 1.65. The third-order valence-corrected chi connectivity index (χ3v) is 19.5. The fraction of sp³-hybridized carbons (Fsp3) is 0.247. The van der Waals surface area contributed by atoms with Crippen molar-refractivity contribution >= 4 is 58.4 Å². The van der Waals surface area contributed by atoms with Crippen LogP contribution in [0.3, 0.4) is 0 Å². The molecule has 0 bridgehead atoms. The van der Waals surface area contributed by atoms with E-state index in [0.29, 0.717) is 0 Å². The summed E-state index contributed by atoms with van der Waals surface area (Å²) < 4.78 is 0. The number of aryl methyl sites for hydroxylation is 4. The average molecular weight is 1130 g/mol. The molecule has 0 aliphatic heterocycles. The van der Waals surface area contributed by atoms with Crippen molar-refractivity contribution in [2.45, 2.75) is 138 Å². The Labute approximate surface area is 519 Å². The standard InChI is InChI=1S/C85H84N2/c1-53-41-54(2)44-67(43-53)86(63-29-25-61(26-30-63)81(5,6)7)65-33-39-73-71-37-23-59(49-77(71)84(13,14)79(73)51-65)19-17-57-21-35-69-70-36-22-58(48-76(70)83(11,12)75(69)47-57)18-20-60-24-38-72-74-40-34-66(52-80(74)85(15,16)78(72)50-60)87(68-45-55(3)42-56(4)46-68)64-31-27-62(28-32-64)82(8,9)10/h17-52H,1-16H3/b19-17+,20-18+. The van der Waals surface area contributed by atoms with Crippen molar-refractivity contribution in [2.24, 2.45) is 0 Å². The highest BCUT2D eigenvalue weighted by molar-refractivity contribution is 5.90. The molecule has 0 unspecified atom stereocenters. The van der Waals surface area contributed by atoms with Gasteiger partial charge in [0.05, 0.1) is 0 Å². The topological polar surface area (TPSA) is 6.48 Å². The van der Waals surface area contributed by atoms with Crippen LogP contribution < -0.4 is 9.80 Å². The van der Waals surface area contributed by atoms with Crippen molar-refractivity contribution < 1.29 is 0 Å².